The third-order valence-corrected chi connectivity index (χ3v) is 4.91. The van der Waals surface area contributed by atoms with E-state index in [2.05, 4.69) is 38.4 Å². The van der Waals surface area contributed by atoms with E-state index in [-0.39, 0.29) is 6.10 Å². The quantitative estimate of drug-likeness (QED) is 0.639. The molecular formula is C24H25N5O2. The van der Waals surface area contributed by atoms with Crippen molar-refractivity contribution in [2.24, 2.45) is 0 Å². The average Bonchev–Trinajstić information content (AvgIpc) is 2.80. The largest absolute Gasteiger partial charge is 0.490 e. The van der Waals surface area contributed by atoms with E-state index in [0.29, 0.717) is 17.3 Å². The third kappa shape index (κ3) is 5.11. The Balaban J connectivity index is 1.50. The minimum Gasteiger partial charge on any atom is -0.490 e. The van der Waals surface area contributed by atoms with Crippen LogP contribution in [0.3, 0.4) is 0 Å². The topological polar surface area (TPSA) is 83.3 Å². The SMILES string of the molecule is CC(C)Oc1ccc(-c2ccnc(Nc3ccc(N4CCOCC4)cc3)n2)cc1C#N. The van der Waals surface area contributed by atoms with E-state index in [1.165, 1.54) is 5.69 Å². The lowest BCUT2D eigenvalue weighted by atomic mass is 10.1. The molecule has 1 aliphatic rings. The fourth-order valence-electron chi connectivity index (χ4n) is 3.42. The van der Waals surface area contributed by atoms with Gasteiger partial charge in [0, 0.05) is 36.2 Å². The molecule has 0 radical (unpaired) electrons. The molecule has 1 fully saturated rings. The molecule has 0 saturated carbocycles. The number of anilines is 3. The number of hydrogen-bond donors (Lipinski definition) is 1. The molecule has 3 aromatic rings. The highest BCUT2D eigenvalue weighted by atomic mass is 16.5. The molecule has 7 nitrogen and oxygen atoms in total. The number of benzene rings is 2. The van der Waals surface area contributed by atoms with Crippen LogP contribution in [0.1, 0.15) is 19.4 Å². The molecule has 1 aliphatic heterocycles. The number of aromatic nitrogens is 2. The molecule has 0 aliphatic carbocycles. The van der Waals surface area contributed by atoms with Crippen LogP contribution in [0.15, 0.2) is 54.7 Å². The first-order valence-corrected chi connectivity index (χ1v) is 10.4. The maximum atomic E-state index is 9.48. The van der Waals surface area contributed by atoms with Crippen LogP contribution >= 0.6 is 0 Å². The predicted octanol–water partition coefficient (Wildman–Crippen LogP) is 4.38. The van der Waals surface area contributed by atoms with Crippen molar-refractivity contribution in [2.75, 3.05) is 36.5 Å². The van der Waals surface area contributed by atoms with Gasteiger partial charge in [0.15, 0.2) is 0 Å². The van der Waals surface area contributed by atoms with Crippen molar-refractivity contribution in [1.29, 1.82) is 5.26 Å². The normalized spacial score (nSPS) is 13.7. The summed E-state index contributed by atoms with van der Waals surface area (Å²) in [5.41, 5.74) is 4.14. The first kappa shape index (κ1) is 20.6. The molecule has 0 spiro atoms. The van der Waals surface area contributed by atoms with Crippen molar-refractivity contribution in [2.45, 2.75) is 20.0 Å². The molecule has 0 amide bonds. The van der Waals surface area contributed by atoms with Crippen LogP contribution in [0.25, 0.3) is 11.3 Å². The van der Waals surface area contributed by atoms with Crippen LogP contribution in [0, 0.1) is 11.3 Å². The molecule has 2 aromatic carbocycles. The van der Waals surface area contributed by atoms with Crippen molar-refractivity contribution < 1.29 is 9.47 Å². The minimum absolute atomic E-state index is 0.00226. The molecule has 158 valence electrons. The molecule has 0 unspecified atom stereocenters. The Kier molecular flexibility index (Phi) is 6.29. The second kappa shape index (κ2) is 9.45. The molecule has 0 bridgehead atoms. The lowest BCUT2D eigenvalue weighted by Crippen LogP contribution is -2.36. The summed E-state index contributed by atoms with van der Waals surface area (Å²) in [6, 6.07) is 17.8. The van der Waals surface area contributed by atoms with Crippen LogP contribution in [0.2, 0.25) is 0 Å². The van der Waals surface area contributed by atoms with Gasteiger partial charge >= 0.3 is 0 Å². The first-order chi connectivity index (χ1) is 15.1. The smallest absolute Gasteiger partial charge is 0.227 e. The highest BCUT2D eigenvalue weighted by molar-refractivity contribution is 5.66. The second-order valence-electron chi connectivity index (χ2n) is 7.53. The molecule has 0 atom stereocenters. The molecule has 7 heteroatoms. The van der Waals surface area contributed by atoms with Crippen molar-refractivity contribution in [3.63, 3.8) is 0 Å². The number of nitrogens with zero attached hydrogens (tertiary/aromatic N) is 4. The van der Waals surface area contributed by atoms with E-state index >= 15 is 0 Å². The first-order valence-electron chi connectivity index (χ1n) is 10.4. The minimum atomic E-state index is 0.00226. The molecule has 1 N–H and O–H groups in total. The van der Waals surface area contributed by atoms with Crippen LogP contribution < -0.4 is 15.0 Å². The lowest BCUT2D eigenvalue weighted by Gasteiger charge is -2.28. The maximum absolute atomic E-state index is 9.48. The fraction of sp³-hybridized carbons (Fsp3) is 0.292. The van der Waals surface area contributed by atoms with Gasteiger partial charge < -0.3 is 19.7 Å². The Morgan fingerprint density at radius 2 is 1.87 bits per heavy atom. The van der Waals surface area contributed by atoms with Crippen molar-refractivity contribution in [1.82, 2.24) is 9.97 Å². The highest BCUT2D eigenvalue weighted by Gasteiger charge is 2.12. The van der Waals surface area contributed by atoms with Gasteiger partial charge in [-0.25, -0.2) is 9.97 Å². The van der Waals surface area contributed by atoms with Crippen LogP contribution in [-0.2, 0) is 4.74 Å². The van der Waals surface area contributed by atoms with Gasteiger partial charge in [-0.1, -0.05) is 0 Å². The number of nitriles is 1. The number of morpholine rings is 1. The van der Waals surface area contributed by atoms with E-state index in [9.17, 15) is 5.26 Å². The van der Waals surface area contributed by atoms with Crippen molar-refractivity contribution in [3.05, 3.63) is 60.3 Å². The lowest BCUT2D eigenvalue weighted by molar-refractivity contribution is 0.122. The Bertz CT molecular complexity index is 1070. The van der Waals surface area contributed by atoms with Crippen LogP contribution in [-0.4, -0.2) is 42.4 Å². The zero-order chi connectivity index (χ0) is 21.6. The van der Waals surface area contributed by atoms with Gasteiger partial charge in [-0.3, -0.25) is 0 Å². The molecular weight excluding hydrogens is 390 g/mol. The van der Waals surface area contributed by atoms with Gasteiger partial charge in [-0.15, -0.1) is 0 Å². The molecule has 1 aromatic heterocycles. The van der Waals surface area contributed by atoms with E-state index in [4.69, 9.17) is 9.47 Å². The summed E-state index contributed by atoms with van der Waals surface area (Å²) in [5.74, 6) is 1.08. The second-order valence-corrected chi connectivity index (χ2v) is 7.53. The van der Waals surface area contributed by atoms with E-state index in [1.807, 2.05) is 44.2 Å². The van der Waals surface area contributed by atoms with Gasteiger partial charge in [0.1, 0.15) is 11.8 Å². The van der Waals surface area contributed by atoms with E-state index < -0.39 is 0 Å². The average molecular weight is 415 g/mol. The summed E-state index contributed by atoms with van der Waals surface area (Å²) < 4.78 is 11.1. The summed E-state index contributed by atoms with van der Waals surface area (Å²) in [6.45, 7) is 7.21. The number of ether oxygens (including phenoxy) is 2. The van der Waals surface area contributed by atoms with Gasteiger partial charge in [0.25, 0.3) is 0 Å². The summed E-state index contributed by atoms with van der Waals surface area (Å²) in [6.07, 6.45) is 1.71. The monoisotopic (exact) mass is 415 g/mol. The molecule has 31 heavy (non-hydrogen) atoms. The van der Waals surface area contributed by atoms with Gasteiger partial charge in [0.05, 0.1) is 30.6 Å². The summed E-state index contributed by atoms with van der Waals surface area (Å²) in [5, 5.41) is 12.7. The van der Waals surface area contributed by atoms with Crippen molar-refractivity contribution in [3.8, 4) is 23.1 Å². The molecule has 4 rings (SSSR count). The van der Waals surface area contributed by atoms with Gasteiger partial charge in [-0.05, 0) is 62.4 Å². The van der Waals surface area contributed by atoms with Crippen LogP contribution in [0.4, 0.5) is 17.3 Å². The number of hydrogen-bond acceptors (Lipinski definition) is 7. The zero-order valence-electron chi connectivity index (χ0n) is 17.7. The van der Waals surface area contributed by atoms with Crippen molar-refractivity contribution >= 4 is 17.3 Å². The molecule has 1 saturated heterocycles. The Labute approximate surface area is 182 Å². The summed E-state index contributed by atoms with van der Waals surface area (Å²) >= 11 is 0. The Morgan fingerprint density at radius 1 is 1.10 bits per heavy atom. The highest BCUT2D eigenvalue weighted by Crippen LogP contribution is 2.27. The summed E-state index contributed by atoms with van der Waals surface area (Å²) in [4.78, 5) is 11.3. The maximum Gasteiger partial charge on any atom is 0.227 e. The fourth-order valence-corrected chi connectivity index (χ4v) is 3.42. The standard InChI is InChI=1S/C24H25N5O2/c1-17(2)31-23-8-3-18(15-19(23)16-25)22-9-10-26-24(28-22)27-20-4-6-21(7-5-20)29-11-13-30-14-12-29/h3-10,15,17H,11-14H2,1-2H3,(H,26,27,28). The van der Waals surface area contributed by atoms with Gasteiger partial charge in [-0.2, -0.15) is 5.26 Å². The van der Waals surface area contributed by atoms with E-state index in [1.54, 1.807) is 12.3 Å². The van der Waals surface area contributed by atoms with E-state index in [0.717, 1.165) is 43.2 Å². The third-order valence-electron chi connectivity index (χ3n) is 4.91. The van der Waals surface area contributed by atoms with Gasteiger partial charge in [0.2, 0.25) is 5.95 Å². The predicted molar refractivity (Wildman–Crippen MR) is 121 cm³/mol. The van der Waals surface area contributed by atoms with Crippen LogP contribution in [0.5, 0.6) is 5.75 Å². The summed E-state index contributed by atoms with van der Waals surface area (Å²) in [7, 11) is 0. The Morgan fingerprint density at radius 3 is 2.58 bits per heavy atom. The zero-order valence-corrected chi connectivity index (χ0v) is 17.7. The number of nitrogens with one attached hydrogen (secondary N) is 1. The molecule has 2 heterocycles. The Hall–Kier alpha value is -3.63. The number of rotatable bonds is 6.